The van der Waals surface area contributed by atoms with E-state index in [0.29, 0.717) is 6.54 Å². The van der Waals surface area contributed by atoms with Gasteiger partial charge in [-0.15, -0.1) is 0 Å². The molecule has 1 fully saturated rings. The van der Waals surface area contributed by atoms with Crippen LogP contribution in [0.2, 0.25) is 0 Å². The zero-order chi connectivity index (χ0) is 17.0. The molecule has 0 bridgehead atoms. The Balaban J connectivity index is 1.75. The summed E-state index contributed by atoms with van der Waals surface area (Å²) < 4.78 is 5.26. The van der Waals surface area contributed by atoms with Gasteiger partial charge in [0, 0.05) is 17.5 Å². The summed E-state index contributed by atoms with van der Waals surface area (Å²) in [5.74, 6) is 0.883. The van der Waals surface area contributed by atoms with Gasteiger partial charge in [0.25, 0.3) is 5.91 Å². The summed E-state index contributed by atoms with van der Waals surface area (Å²) in [6.45, 7) is 2.69. The highest BCUT2D eigenvalue weighted by Crippen LogP contribution is 2.41. The lowest BCUT2D eigenvalue weighted by atomic mass is 9.78. The topological polar surface area (TPSA) is 38.3 Å². The Kier molecular flexibility index (Phi) is 4.89. The second-order valence-corrected chi connectivity index (χ2v) is 6.77. The van der Waals surface area contributed by atoms with Crippen LogP contribution in [0, 0.1) is 6.92 Å². The lowest BCUT2D eigenvalue weighted by molar-refractivity contribution is 0.0943. The maximum absolute atomic E-state index is 12.5. The van der Waals surface area contributed by atoms with E-state index in [9.17, 15) is 4.79 Å². The summed E-state index contributed by atoms with van der Waals surface area (Å²) >= 11 is 0. The van der Waals surface area contributed by atoms with Gasteiger partial charge in [-0.3, -0.25) is 4.79 Å². The zero-order valence-corrected chi connectivity index (χ0v) is 14.5. The fraction of sp³-hybridized carbons (Fsp3) is 0.381. The first-order chi connectivity index (χ1) is 11.6. The number of hydrogen-bond donors (Lipinski definition) is 1. The van der Waals surface area contributed by atoms with Gasteiger partial charge in [0.1, 0.15) is 5.75 Å². The highest BCUT2D eigenvalue weighted by atomic mass is 16.5. The van der Waals surface area contributed by atoms with Gasteiger partial charge < -0.3 is 10.1 Å². The fourth-order valence-electron chi connectivity index (χ4n) is 3.70. The molecule has 24 heavy (non-hydrogen) atoms. The minimum atomic E-state index is 0.0125. The molecule has 0 atom stereocenters. The van der Waals surface area contributed by atoms with Crippen LogP contribution in [0.5, 0.6) is 5.75 Å². The van der Waals surface area contributed by atoms with Crippen molar-refractivity contribution in [2.75, 3.05) is 13.7 Å². The standard InChI is InChI=1S/C21H25NO2/c1-16-6-5-7-17(14-16)20(23)22-15-21(12-3-4-13-21)18-8-10-19(24-2)11-9-18/h5-11,14H,3-4,12-13,15H2,1-2H3,(H,22,23). The number of aryl methyl sites for hydroxylation is 1. The van der Waals surface area contributed by atoms with E-state index in [-0.39, 0.29) is 11.3 Å². The number of benzene rings is 2. The second kappa shape index (κ2) is 7.08. The molecular formula is C21H25NO2. The third-order valence-electron chi connectivity index (χ3n) is 5.13. The van der Waals surface area contributed by atoms with E-state index in [2.05, 4.69) is 17.4 Å². The summed E-state index contributed by atoms with van der Waals surface area (Å²) in [5, 5.41) is 3.17. The van der Waals surface area contributed by atoms with Gasteiger partial charge in [-0.25, -0.2) is 0 Å². The number of rotatable bonds is 5. The Morgan fingerprint density at radius 1 is 1.12 bits per heavy atom. The molecule has 0 aliphatic heterocycles. The predicted octanol–water partition coefficient (Wildman–Crippen LogP) is 4.25. The van der Waals surface area contributed by atoms with Gasteiger partial charge >= 0.3 is 0 Å². The Bertz CT molecular complexity index is 700. The summed E-state index contributed by atoms with van der Waals surface area (Å²) in [6, 6.07) is 16.0. The average Bonchev–Trinajstić information content (AvgIpc) is 3.10. The molecule has 2 aromatic rings. The van der Waals surface area contributed by atoms with E-state index < -0.39 is 0 Å². The normalized spacial score (nSPS) is 15.9. The molecule has 1 saturated carbocycles. The molecule has 1 aliphatic carbocycles. The molecule has 0 aromatic heterocycles. The van der Waals surface area contributed by atoms with Crippen LogP contribution in [-0.2, 0) is 5.41 Å². The summed E-state index contributed by atoms with van der Waals surface area (Å²) in [5.41, 5.74) is 3.18. The van der Waals surface area contributed by atoms with E-state index in [4.69, 9.17) is 4.74 Å². The highest BCUT2D eigenvalue weighted by molar-refractivity contribution is 5.94. The van der Waals surface area contributed by atoms with Crippen LogP contribution in [0.4, 0.5) is 0 Å². The van der Waals surface area contributed by atoms with E-state index in [1.54, 1.807) is 7.11 Å². The molecule has 2 aromatic carbocycles. The Morgan fingerprint density at radius 3 is 2.46 bits per heavy atom. The molecule has 3 rings (SSSR count). The zero-order valence-electron chi connectivity index (χ0n) is 14.5. The lowest BCUT2D eigenvalue weighted by Gasteiger charge is -2.30. The molecule has 0 unspecified atom stereocenters. The molecule has 0 saturated heterocycles. The minimum Gasteiger partial charge on any atom is -0.497 e. The number of carbonyl (C=O) groups excluding carboxylic acids is 1. The van der Waals surface area contributed by atoms with Crippen molar-refractivity contribution < 1.29 is 9.53 Å². The third-order valence-corrected chi connectivity index (χ3v) is 5.13. The number of ether oxygens (including phenoxy) is 1. The molecule has 1 N–H and O–H groups in total. The first kappa shape index (κ1) is 16.6. The quantitative estimate of drug-likeness (QED) is 0.893. The van der Waals surface area contributed by atoms with Gasteiger partial charge in [-0.2, -0.15) is 0 Å². The molecule has 1 amide bonds. The van der Waals surface area contributed by atoms with Crippen LogP contribution >= 0.6 is 0 Å². The fourth-order valence-corrected chi connectivity index (χ4v) is 3.70. The molecule has 3 heteroatoms. The molecule has 0 spiro atoms. The van der Waals surface area contributed by atoms with Crippen molar-refractivity contribution >= 4 is 5.91 Å². The Morgan fingerprint density at radius 2 is 1.83 bits per heavy atom. The van der Waals surface area contributed by atoms with Crippen LogP contribution in [0.15, 0.2) is 48.5 Å². The van der Waals surface area contributed by atoms with Crippen LogP contribution in [0.3, 0.4) is 0 Å². The van der Waals surface area contributed by atoms with Crippen molar-refractivity contribution in [3.8, 4) is 5.75 Å². The van der Waals surface area contributed by atoms with Crippen molar-refractivity contribution in [3.05, 3.63) is 65.2 Å². The summed E-state index contributed by atoms with van der Waals surface area (Å²) in [7, 11) is 1.68. The minimum absolute atomic E-state index is 0.0125. The maximum Gasteiger partial charge on any atom is 0.251 e. The Labute approximate surface area is 144 Å². The van der Waals surface area contributed by atoms with Gasteiger partial charge in [-0.1, -0.05) is 42.7 Å². The summed E-state index contributed by atoms with van der Waals surface area (Å²) in [4.78, 5) is 12.5. The molecule has 3 nitrogen and oxygen atoms in total. The highest BCUT2D eigenvalue weighted by Gasteiger charge is 2.35. The molecule has 0 heterocycles. The lowest BCUT2D eigenvalue weighted by Crippen LogP contribution is -2.39. The van der Waals surface area contributed by atoms with Crippen LogP contribution in [0.25, 0.3) is 0 Å². The van der Waals surface area contributed by atoms with Crippen LogP contribution < -0.4 is 10.1 Å². The van der Waals surface area contributed by atoms with Crippen molar-refractivity contribution in [1.29, 1.82) is 0 Å². The van der Waals surface area contributed by atoms with Crippen LogP contribution in [-0.4, -0.2) is 19.6 Å². The maximum atomic E-state index is 12.5. The number of amides is 1. The monoisotopic (exact) mass is 323 g/mol. The van der Waals surface area contributed by atoms with E-state index in [1.807, 2.05) is 43.3 Å². The number of hydrogen-bond acceptors (Lipinski definition) is 2. The van der Waals surface area contributed by atoms with E-state index >= 15 is 0 Å². The molecule has 1 aliphatic rings. The first-order valence-corrected chi connectivity index (χ1v) is 8.62. The Hall–Kier alpha value is -2.29. The smallest absolute Gasteiger partial charge is 0.251 e. The van der Waals surface area contributed by atoms with Crippen molar-refractivity contribution in [1.82, 2.24) is 5.32 Å². The van der Waals surface area contributed by atoms with Crippen molar-refractivity contribution in [3.63, 3.8) is 0 Å². The SMILES string of the molecule is COc1ccc(C2(CNC(=O)c3cccc(C)c3)CCCC2)cc1. The van der Waals surface area contributed by atoms with Gasteiger partial charge in [-0.05, 0) is 49.6 Å². The van der Waals surface area contributed by atoms with Gasteiger partial charge in [0.2, 0.25) is 0 Å². The number of nitrogens with one attached hydrogen (secondary N) is 1. The van der Waals surface area contributed by atoms with Crippen LogP contribution in [0.1, 0.15) is 47.2 Å². The molecular weight excluding hydrogens is 298 g/mol. The first-order valence-electron chi connectivity index (χ1n) is 8.62. The van der Waals surface area contributed by atoms with E-state index in [1.165, 1.54) is 18.4 Å². The largest absolute Gasteiger partial charge is 0.497 e. The van der Waals surface area contributed by atoms with Gasteiger partial charge in [0.05, 0.1) is 7.11 Å². The second-order valence-electron chi connectivity index (χ2n) is 6.77. The number of methoxy groups -OCH3 is 1. The molecule has 126 valence electrons. The number of carbonyl (C=O) groups is 1. The third kappa shape index (κ3) is 3.45. The van der Waals surface area contributed by atoms with Gasteiger partial charge in [0.15, 0.2) is 0 Å². The van der Waals surface area contributed by atoms with E-state index in [0.717, 1.165) is 29.7 Å². The van der Waals surface area contributed by atoms with Crippen molar-refractivity contribution in [2.45, 2.75) is 38.0 Å². The predicted molar refractivity (Wildman–Crippen MR) is 96.7 cm³/mol. The average molecular weight is 323 g/mol. The van der Waals surface area contributed by atoms with Crippen molar-refractivity contribution in [2.24, 2.45) is 0 Å². The summed E-state index contributed by atoms with van der Waals surface area (Å²) in [6.07, 6.45) is 4.67. The molecule has 0 radical (unpaired) electrons.